The summed E-state index contributed by atoms with van der Waals surface area (Å²) >= 11 is 0. The third kappa shape index (κ3) is 3.05. The molecule has 0 aliphatic carbocycles. The van der Waals surface area contributed by atoms with Crippen LogP contribution < -0.4 is 9.62 Å². The van der Waals surface area contributed by atoms with E-state index in [4.69, 9.17) is 0 Å². The largest absolute Gasteiger partial charge is 0.378 e. The van der Waals surface area contributed by atoms with Gasteiger partial charge in [-0.25, -0.2) is 9.37 Å². The number of rotatable bonds is 4. The Bertz CT molecular complexity index is 717. The van der Waals surface area contributed by atoms with Gasteiger partial charge in [0.2, 0.25) is 5.03 Å². The Balaban J connectivity index is 2.34. The second-order valence-corrected chi connectivity index (χ2v) is 5.94. The van der Waals surface area contributed by atoms with Gasteiger partial charge in [-0.1, -0.05) is 6.07 Å². The van der Waals surface area contributed by atoms with Gasteiger partial charge in [-0.3, -0.25) is 4.72 Å². The van der Waals surface area contributed by atoms with Crippen molar-refractivity contribution in [3.63, 3.8) is 0 Å². The van der Waals surface area contributed by atoms with Crippen LogP contribution in [-0.2, 0) is 10.0 Å². The van der Waals surface area contributed by atoms with Gasteiger partial charge in [-0.15, -0.1) is 0 Å². The second-order valence-electron chi connectivity index (χ2n) is 4.34. The third-order valence-corrected chi connectivity index (χ3v) is 3.91. The van der Waals surface area contributed by atoms with Crippen molar-refractivity contribution in [3.8, 4) is 0 Å². The van der Waals surface area contributed by atoms with Crippen molar-refractivity contribution in [3.05, 3.63) is 48.4 Å². The van der Waals surface area contributed by atoms with Crippen molar-refractivity contribution in [2.24, 2.45) is 0 Å². The molecule has 1 aromatic carbocycles. The molecule has 1 N–H and O–H groups in total. The highest BCUT2D eigenvalue weighted by atomic mass is 32.2. The minimum absolute atomic E-state index is 0.348. The van der Waals surface area contributed by atoms with Gasteiger partial charge in [0, 0.05) is 26.0 Å². The van der Waals surface area contributed by atoms with Crippen molar-refractivity contribution in [2.75, 3.05) is 23.7 Å². The topological polar surface area (TPSA) is 62.3 Å². The van der Waals surface area contributed by atoms with Crippen LogP contribution in [0.4, 0.5) is 15.8 Å². The summed E-state index contributed by atoms with van der Waals surface area (Å²) in [5, 5.41) is -0.616. The maximum Gasteiger partial charge on any atom is 0.282 e. The number of nitrogens with one attached hydrogen (secondary N) is 1. The van der Waals surface area contributed by atoms with E-state index in [-0.39, 0.29) is 0 Å². The smallest absolute Gasteiger partial charge is 0.282 e. The fourth-order valence-corrected chi connectivity index (χ4v) is 2.68. The van der Waals surface area contributed by atoms with Gasteiger partial charge in [-0.05, 0) is 30.3 Å². The number of hydrogen-bond acceptors (Lipinski definition) is 4. The van der Waals surface area contributed by atoms with Gasteiger partial charge in [-0.2, -0.15) is 8.42 Å². The lowest BCUT2D eigenvalue weighted by Gasteiger charge is -2.14. The molecule has 1 heterocycles. The van der Waals surface area contributed by atoms with Crippen LogP contribution in [-0.4, -0.2) is 27.5 Å². The van der Waals surface area contributed by atoms with Crippen LogP contribution in [0.1, 0.15) is 0 Å². The number of nitrogens with zero attached hydrogens (tertiary/aromatic N) is 2. The zero-order valence-corrected chi connectivity index (χ0v) is 11.9. The molecule has 0 aliphatic rings. The molecule has 0 fully saturated rings. The summed E-state index contributed by atoms with van der Waals surface area (Å²) in [6, 6.07) is 9.17. The molecule has 0 aliphatic heterocycles. The number of sulfonamides is 1. The van der Waals surface area contributed by atoms with Crippen molar-refractivity contribution in [2.45, 2.75) is 5.03 Å². The van der Waals surface area contributed by atoms with Gasteiger partial charge < -0.3 is 4.90 Å². The van der Waals surface area contributed by atoms with Crippen LogP contribution in [0.25, 0.3) is 0 Å². The molecule has 0 saturated carbocycles. The Kier molecular flexibility index (Phi) is 3.89. The van der Waals surface area contributed by atoms with E-state index in [0.717, 1.165) is 11.8 Å². The van der Waals surface area contributed by atoms with Crippen molar-refractivity contribution >= 4 is 21.4 Å². The van der Waals surface area contributed by atoms with E-state index in [2.05, 4.69) is 9.71 Å². The molecule has 1 aromatic heterocycles. The molecule has 0 unspecified atom stereocenters. The van der Waals surface area contributed by atoms with Crippen molar-refractivity contribution < 1.29 is 12.8 Å². The number of aromatic nitrogens is 1. The summed E-state index contributed by atoms with van der Waals surface area (Å²) < 4.78 is 40.0. The Morgan fingerprint density at radius 2 is 1.95 bits per heavy atom. The third-order valence-electron chi connectivity index (χ3n) is 2.59. The molecule has 0 radical (unpaired) electrons. The molecule has 7 heteroatoms. The highest BCUT2D eigenvalue weighted by molar-refractivity contribution is 7.92. The summed E-state index contributed by atoms with van der Waals surface area (Å²) in [6.07, 6.45) is 1.23. The van der Waals surface area contributed by atoms with Crippen LogP contribution in [0.3, 0.4) is 0 Å². The van der Waals surface area contributed by atoms with Crippen molar-refractivity contribution in [1.82, 2.24) is 4.98 Å². The zero-order valence-electron chi connectivity index (χ0n) is 11.0. The normalized spacial score (nSPS) is 11.2. The fourth-order valence-electron chi connectivity index (χ4n) is 1.62. The molecule has 0 bridgehead atoms. The molecular formula is C13H14FN3O2S. The fraction of sp³-hybridized carbons (Fsp3) is 0.154. The maximum absolute atomic E-state index is 13.5. The number of halogens is 1. The quantitative estimate of drug-likeness (QED) is 0.938. The summed E-state index contributed by atoms with van der Waals surface area (Å²) in [6.45, 7) is 0. The van der Waals surface area contributed by atoms with E-state index in [1.807, 2.05) is 25.1 Å². The minimum Gasteiger partial charge on any atom is -0.378 e. The van der Waals surface area contributed by atoms with Crippen LogP contribution in [0, 0.1) is 5.82 Å². The molecule has 20 heavy (non-hydrogen) atoms. The summed E-state index contributed by atoms with van der Waals surface area (Å²) in [7, 11) is -0.362. The first-order chi connectivity index (χ1) is 9.40. The van der Waals surface area contributed by atoms with Crippen molar-refractivity contribution in [1.29, 1.82) is 0 Å². The standard InChI is InChI=1S/C13H14FN3O2S/c1-17(2)11-6-3-5-10(9-11)16-20(18,19)13-12(14)7-4-8-15-13/h3-9,16H,1-2H3. The Morgan fingerprint density at radius 1 is 1.20 bits per heavy atom. The molecule has 0 atom stereocenters. The summed E-state index contributed by atoms with van der Waals surface area (Å²) in [5.41, 5.74) is 1.17. The van der Waals surface area contributed by atoms with Gasteiger partial charge in [0.05, 0.1) is 5.69 Å². The predicted octanol–water partition coefficient (Wildman–Crippen LogP) is 2.09. The Labute approximate surface area is 117 Å². The van der Waals surface area contributed by atoms with E-state index >= 15 is 0 Å². The van der Waals surface area contributed by atoms with E-state index < -0.39 is 20.9 Å². The number of benzene rings is 1. The molecule has 2 aromatic rings. The van der Waals surface area contributed by atoms with E-state index in [1.165, 1.54) is 12.3 Å². The van der Waals surface area contributed by atoms with Gasteiger partial charge in [0.1, 0.15) is 0 Å². The molecule has 2 rings (SSSR count). The van der Waals surface area contributed by atoms with E-state index in [0.29, 0.717) is 5.69 Å². The van der Waals surface area contributed by atoms with Gasteiger partial charge in [0.25, 0.3) is 10.0 Å². The van der Waals surface area contributed by atoms with Gasteiger partial charge >= 0.3 is 0 Å². The average Bonchev–Trinajstić information content (AvgIpc) is 2.38. The van der Waals surface area contributed by atoms with E-state index in [9.17, 15) is 12.8 Å². The molecular weight excluding hydrogens is 281 g/mol. The highest BCUT2D eigenvalue weighted by Crippen LogP contribution is 2.21. The van der Waals surface area contributed by atoms with E-state index in [1.54, 1.807) is 18.2 Å². The molecule has 5 nitrogen and oxygen atoms in total. The van der Waals surface area contributed by atoms with Crippen LogP contribution in [0.5, 0.6) is 0 Å². The average molecular weight is 295 g/mol. The Hall–Kier alpha value is -2.15. The van der Waals surface area contributed by atoms with Crippen LogP contribution in [0.2, 0.25) is 0 Å². The molecule has 0 spiro atoms. The lowest BCUT2D eigenvalue weighted by atomic mass is 10.3. The SMILES string of the molecule is CN(C)c1cccc(NS(=O)(=O)c2ncccc2F)c1. The number of pyridine rings is 1. The van der Waals surface area contributed by atoms with Crippen LogP contribution in [0.15, 0.2) is 47.6 Å². The highest BCUT2D eigenvalue weighted by Gasteiger charge is 2.20. The molecule has 106 valence electrons. The summed E-state index contributed by atoms with van der Waals surface area (Å²) in [4.78, 5) is 5.40. The first-order valence-electron chi connectivity index (χ1n) is 5.81. The molecule has 0 saturated heterocycles. The number of hydrogen-bond donors (Lipinski definition) is 1. The monoisotopic (exact) mass is 295 g/mol. The first kappa shape index (κ1) is 14.3. The van der Waals surface area contributed by atoms with Gasteiger partial charge in [0.15, 0.2) is 5.82 Å². The van der Waals surface area contributed by atoms with Crippen LogP contribution >= 0.6 is 0 Å². The lowest BCUT2D eigenvalue weighted by molar-refractivity contribution is 0.557. The Morgan fingerprint density at radius 3 is 2.60 bits per heavy atom. The first-order valence-corrected chi connectivity index (χ1v) is 7.29. The number of anilines is 2. The second kappa shape index (κ2) is 5.46. The predicted molar refractivity (Wildman–Crippen MR) is 75.8 cm³/mol. The maximum atomic E-state index is 13.5. The lowest BCUT2D eigenvalue weighted by Crippen LogP contribution is -2.16. The summed E-state index contributed by atoms with van der Waals surface area (Å²) in [5.74, 6) is -0.885. The molecule has 0 amide bonds. The zero-order chi connectivity index (χ0) is 14.8. The minimum atomic E-state index is -4.04.